The van der Waals surface area contributed by atoms with Crippen molar-refractivity contribution < 1.29 is 27.4 Å². The molecule has 1 aromatic rings. The van der Waals surface area contributed by atoms with Crippen molar-refractivity contribution in [2.45, 2.75) is 44.3 Å². The molecule has 154 valence electrons. The number of carbonyl (C=O) groups excluding carboxylic acids is 1. The van der Waals surface area contributed by atoms with Crippen LogP contribution in [0.15, 0.2) is 18.2 Å². The van der Waals surface area contributed by atoms with E-state index in [1.165, 1.54) is 13.2 Å². The third-order valence-corrected chi connectivity index (χ3v) is 4.57. The molecule has 0 saturated heterocycles. The maximum Gasteiger partial charge on any atom is 0.422 e. The van der Waals surface area contributed by atoms with Crippen molar-refractivity contribution in [2.75, 3.05) is 20.3 Å². The fourth-order valence-electron chi connectivity index (χ4n) is 3.19. The Morgan fingerprint density at radius 1 is 1.30 bits per heavy atom. The van der Waals surface area contributed by atoms with E-state index in [-0.39, 0.29) is 35.9 Å². The van der Waals surface area contributed by atoms with E-state index >= 15 is 0 Å². The molecule has 3 N–H and O–H groups in total. The summed E-state index contributed by atoms with van der Waals surface area (Å²) in [5.74, 6) is 0.525. The number of alkyl halides is 3. The summed E-state index contributed by atoms with van der Waals surface area (Å²) >= 11 is 0. The van der Waals surface area contributed by atoms with Crippen molar-refractivity contribution in [3.05, 3.63) is 23.8 Å². The molecule has 0 bridgehead atoms. The first-order valence-electron chi connectivity index (χ1n) is 8.68. The highest BCUT2D eigenvalue weighted by Crippen LogP contribution is 2.30. The summed E-state index contributed by atoms with van der Waals surface area (Å²) in [5.41, 5.74) is 6.51. The highest BCUT2D eigenvalue weighted by molar-refractivity contribution is 5.85. The van der Waals surface area contributed by atoms with Crippen molar-refractivity contribution in [1.29, 1.82) is 0 Å². The van der Waals surface area contributed by atoms with Gasteiger partial charge in [-0.3, -0.25) is 4.79 Å². The number of halogens is 4. The number of benzene rings is 1. The summed E-state index contributed by atoms with van der Waals surface area (Å²) in [4.78, 5) is 12.1. The summed E-state index contributed by atoms with van der Waals surface area (Å²) in [6, 6.07) is 4.80. The van der Waals surface area contributed by atoms with Gasteiger partial charge >= 0.3 is 6.18 Å². The summed E-state index contributed by atoms with van der Waals surface area (Å²) in [6.45, 7) is -0.809. The van der Waals surface area contributed by atoms with Crippen LogP contribution in [-0.2, 0) is 11.2 Å². The van der Waals surface area contributed by atoms with Gasteiger partial charge in [-0.2, -0.15) is 13.2 Å². The maximum atomic E-state index is 12.3. The molecule has 2 atom stereocenters. The molecule has 1 saturated carbocycles. The van der Waals surface area contributed by atoms with Gasteiger partial charge in [-0.05, 0) is 49.4 Å². The molecule has 9 heteroatoms. The summed E-state index contributed by atoms with van der Waals surface area (Å²) in [5, 5.41) is 3.03. The van der Waals surface area contributed by atoms with Crippen LogP contribution in [0.1, 0.15) is 31.2 Å². The third-order valence-electron chi connectivity index (χ3n) is 4.57. The van der Waals surface area contributed by atoms with Crippen LogP contribution in [0.3, 0.4) is 0 Å². The minimum atomic E-state index is -4.41. The highest BCUT2D eigenvalue weighted by atomic mass is 35.5. The lowest BCUT2D eigenvalue weighted by Crippen LogP contribution is -2.39. The number of methoxy groups -OCH3 is 1. The molecule has 1 fully saturated rings. The van der Waals surface area contributed by atoms with Crippen LogP contribution in [0.5, 0.6) is 11.5 Å². The van der Waals surface area contributed by atoms with E-state index in [0.717, 1.165) is 24.8 Å². The quantitative estimate of drug-likeness (QED) is 0.690. The van der Waals surface area contributed by atoms with Crippen molar-refractivity contribution in [2.24, 2.45) is 11.7 Å². The molecule has 27 heavy (non-hydrogen) atoms. The topological polar surface area (TPSA) is 73.6 Å². The lowest BCUT2D eigenvalue weighted by Gasteiger charge is -2.19. The van der Waals surface area contributed by atoms with Crippen molar-refractivity contribution >= 4 is 18.3 Å². The van der Waals surface area contributed by atoms with Crippen LogP contribution < -0.4 is 20.5 Å². The first kappa shape index (κ1) is 23.4. The highest BCUT2D eigenvalue weighted by Gasteiger charge is 2.29. The Balaban J connectivity index is 0.00000364. The number of carbonyl (C=O) groups is 1. The molecule has 1 aliphatic carbocycles. The van der Waals surface area contributed by atoms with Crippen LogP contribution in [-0.4, -0.2) is 38.4 Å². The van der Waals surface area contributed by atoms with Crippen LogP contribution in [0.4, 0.5) is 13.2 Å². The van der Waals surface area contributed by atoms with Crippen molar-refractivity contribution in [3.63, 3.8) is 0 Å². The molecule has 0 aromatic heterocycles. The molecule has 5 nitrogen and oxygen atoms in total. The Morgan fingerprint density at radius 3 is 2.67 bits per heavy atom. The zero-order chi connectivity index (χ0) is 19.2. The van der Waals surface area contributed by atoms with Gasteiger partial charge in [0.2, 0.25) is 5.91 Å². The van der Waals surface area contributed by atoms with Gasteiger partial charge in [-0.15, -0.1) is 12.4 Å². The van der Waals surface area contributed by atoms with Gasteiger partial charge in [0, 0.05) is 12.5 Å². The standard InChI is InChI=1S/C18H25F3N2O3.ClH/c1-25-16-9-12(5-7-15(16)26-11-18(19,20)21)6-8-17(24)23-14-4-2-3-13(14)10-22;/h5,7,9,13-14H,2-4,6,8,10-11,22H2,1H3,(H,23,24);1H. The summed E-state index contributed by atoms with van der Waals surface area (Å²) in [6.07, 6.45) is -0.598. The second-order valence-corrected chi connectivity index (χ2v) is 6.49. The molecule has 0 spiro atoms. The first-order valence-corrected chi connectivity index (χ1v) is 8.68. The van der Waals surface area contributed by atoms with Gasteiger partial charge in [-0.25, -0.2) is 0 Å². The number of amides is 1. The summed E-state index contributed by atoms with van der Waals surface area (Å²) in [7, 11) is 1.36. The van der Waals surface area contributed by atoms with Crippen LogP contribution in [0.2, 0.25) is 0 Å². The van der Waals surface area contributed by atoms with E-state index < -0.39 is 12.8 Å². The molecule has 0 heterocycles. The molecule has 1 amide bonds. The lowest BCUT2D eigenvalue weighted by atomic mass is 10.0. The fourth-order valence-corrected chi connectivity index (χ4v) is 3.19. The Bertz CT molecular complexity index is 614. The van der Waals surface area contributed by atoms with E-state index in [9.17, 15) is 18.0 Å². The molecule has 2 rings (SSSR count). The molecule has 0 aliphatic heterocycles. The third kappa shape index (κ3) is 7.46. The van der Waals surface area contributed by atoms with Gasteiger partial charge in [0.1, 0.15) is 0 Å². The minimum absolute atomic E-state index is 0. The number of nitrogens with two attached hydrogens (primary N) is 1. The number of nitrogens with one attached hydrogen (secondary N) is 1. The first-order chi connectivity index (χ1) is 12.3. The number of hydrogen-bond acceptors (Lipinski definition) is 4. The average Bonchev–Trinajstić information content (AvgIpc) is 3.04. The lowest BCUT2D eigenvalue weighted by molar-refractivity contribution is -0.153. The van der Waals surface area contributed by atoms with Gasteiger partial charge in [0.05, 0.1) is 7.11 Å². The van der Waals surface area contributed by atoms with E-state index in [0.29, 0.717) is 25.3 Å². The van der Waals surface area contributed by atoms with E-state index in [1.54, 1.807) is 12.1 Å². The summed E-state index contributed by atoms with van der Waals surface area (Å²) < 4.78 is 46.6. The molecule has 0 radical (unpaired) electrons. The predicted molar refractivity (Wildman–Crippen MR) is 98.4 cm³/mol. The zero-order valence-corrected chi connectivity index (χ0v) is 16.0. The largest absolute Gasteiger partial charge is 0.493 e. The van der Waals surface area contributed by atoms with E-state index in [2.05, 4.69) is 5.32 Å². The maximum absolute atomic E-state index is 12.3. The minimum Gasteiger partial charge on any atom is -0.493 e. The SMILES string of the molecule is COc1cc(CCC(=O)NC2CCCC2CN)ccc1OCC(F)(F)F.Cl. The zero-order valence-electron chi connectivity index (χ0n) is 15.2. The monoisotopic (exact) mass is 410 g/mol. The molecule has 2 unspecified atom stereocenters. The Morgan fingerprint density at radius 2 is 2.04 bits per heavy atom. The fraction of sp³-hybridized carbons (Fsp3) is 0.611. The van der Waals surface area contributed by atoms with Crippen molar-refractivity contribution in [3.8, 4) is 11.5 Å². The Hall–Kier alpha value is -1.67. The predicted octanol–water partition coefficient (Wildman–Crippen LogP) is 3.23. The average molecular weight is 411 g/mol. The number of hydrogen-bond donors (Lipinski definition) is 2. The Kier molecular flexibility index (Phi) is 9.18. The second kappa shape index (κ2) is 10.6. The number of aryl methyl sites for hydroxylation is 1. The van der Waals surface area contributed by atoms with Crippen LogP contribution in [0, 0.1) is 5.92 Å². The van der Waals surface area contributed by atoms with Gasteiger partial charge in [-0.1, -0.05) is 12.5 Å². The van der Waals surface area contributed by atoms with Gasteiger partial charge < -0.3 is 20.5 Å². The molecule has 1 aliphatic rings. The molecular formula is C18H26ClF3N2O3. The molecule has 1 aromatic carbocycles. The van der Waals surface area contributed by atoms with Crippen LogP contribution >= 0.6 is 12.4 Å². The number of rotatable bonds is 8. The van der Waals surface area contributed by atoms with E-state index in [4.69, 9.17) is 15.2 Å². The van der Waals surface area contributed by atoms with E-state index in [1.807, 2.05) is 0 Å². The molecular weight excluding hydrogens is 385 g/mol. The smallest absolute Gasteiger partial charge is 0.422 e. The Labute approximate surface area is 163 Å². The number of ether oxygens (including phenoxy) is 2. The van der Waals surface area contributed by atoms with Crippen LogP contribution in [0.25, 0.3) is 0 Å². The van der Waals surface area contributed by atoms with Gasteiger partial charge in [0.15, 0.2) is 18.1 Å². The van der Waals surface area contributed by atoms with Crippen molar-refractivity contribution in [1.82, 2.24) is 5.32 Å². The normalized spacial score (nSPS) is 19.3. The second-order valence-electron chi connectivity index (χ2n) is 6.49. The van der Waals surface area contributed by atoms with Gasteiger partial charge in [0.25, 0.3) is 0 Å².